The molecule has 2 N–H and O–H groups in total. The van der Waals surface area contributed by atoms with Gasteiger partial charge >= 0.3 is 0 Å². The van der Waals surface area contributed by atoms with Gasteiger partial charge in [-0.2, -0.15) is 0 Å². The zero-order valence-electron chi connectivity index (χ0n) is 13.1. The normalized spacial score (nSPS) is 40.6. The van der Waals surface area contributed by atoms with Crippen molar-refractivity contribution in [2.45, 2.75) is 57.0 Å². The van der Waals surface area contributed by atoms with Crippen molar-refractivity contribution in [3.05, 3.63) is 0 Å². The van der Waals surface area contributed by atoms with Crippen LogP contribution in [-0.2, 0) is 14.2 Å². The summed E-state index contributed by atoms with van der Waals surface area (Å²) in [7, 11) is 0. The van der Waals surface area contributed by atoms with Gasteiger partial charge in [0.2, 0.25) is 0 Å². The summed E-state index contributed by atoms with van der Waals surface area (Å²) < 4.78 is 17.4. The molecule has 1 aliphatic carbocycles. The summed E-state index contributed by atoms with van der Waals surface area (Å²) in [6.07, 6.45) is 3.41. The molecule has 0 aromatic carbocycles. The van der Waals surface area contributed by atoms with Gasteiger partial charge < -0.3 is 24.8 Å². The van der Waals surface area contributed by atoms with Crippen molar-refractivity contribution in [2.24, 2.45) is 10.7 Å². The van der Waals surface area contributed by atoms with Gasteiger partial charge in [-0.05, 0) is 26.7 Å². The number of ether oxygens (including phenoxy) is 3. The third-order valence-electron chi connectivity index (χ3n) is 4.85. The maximum Gasteiger partial charge on any atom is 0.191 e. The zero-order chi connectivity index (χ0) is 14.9. The highest BCUT2D eigenvalue weighted by Gasteiger charge is 2.59. The van der Waals surface area contributed by atoms with Crippen molar-refractivity contribution in [3.8, 4) is 0 Å². The first-order chi connectivity index (χ1) is 10.2. The summed E-state index contributed by atoms with van der Waals surface area (Å²) in [6, 6.07) is 0.134. The lowest BCUT2D eigenvalue weighted by Gasteiger charge is -2.50. The van der Waals surface area contributed by atoms with Crippen LogP contribution < -0.4 is 5.73 Å². The van der Waals surface area contributed by atoms with Crippen LogP contribution in [0.5, 0.6) is 0 Å². The molecule has 3 rings (SSSR count). The van der Waals surface area contributed by atoms with Crippen LogP contribution in [0.25, 0.3) is 0 Å². The van der Waals surface area contributed by atoms with E-state index in [1.165, 1.54) is 0 Å². The molecular weight excluding hydrogens is 270 g/mol. The first-order valence-electron chi connectivity index (χ1n) is 8.11. The largest absolute Gasteiger partial charge is 0.375 e. The molecule has 120 valence electrons. The molecule has 1 saturated carbocycles. The third-order valence-corrected chi connectivity index (χ3v) is 4.85. The maximum absolute atomic E-state index is 6.22. The summed E-state index contributed by atoms with van der Waals surface area (Å²) in [5.41, 5.74) is 5.99. The molecule has 3 fully saturated rings. The molecular formula is C15H27N3O3. The molecule has 2 aliphatic heterocycles. The molecule has 0 aromatic rings. The Morgan fingerprint density at radius 3 is 3.00 bits per heavy atom. The van der Waals surface area contributed by atoms with E-state index in [1.807, 2.05) is 6.92 Å². The van der Waals surface area contributed by atoms with Crippen LogP contribution in [0.4, 0.5) is 0 Å². The lowest BCUT2D eigenvalue weighted by Crippen LogP contribution is -2.64. The number of nitrogens with zero attached hydrogens (tertiary/aromatic N) is 2. The van der Waals surface area contributed by atoms with Crippen molar-refractivity contribution >= 4 is 5.96 Å². The predicted molar refractivity (Wildman–Crippen MR) is 80.3 cm³/mol. The average molecular weight is 297 g/mol. The Labute approximate surface area is 126 Å². The van der Waals surface area contributed by atoms with Crippen molar-refractivity contribution in [2.75, 3.05) is 32.9 Å². The number of hydrogen-bond donors (Lipinski definition) is 1. The minimum absolute atomic E-state index is 0.134. The van der Waals surface area contributed by atoms with Gasteiger partial charge in [-0.3, -0.25) is 0 Å². The number of hydrogen-bond acceptors (Lipinski definition) is 4. The molecule has 0 bridgehead atoms. The fourth-order valence-electron chi connectivity index (χ4n) is 3.70. The van der Waals surface area contributed by atoms with E-state index in [4.69, 9.17) is 24.9 Å². The Kier molecular flexibility index (Phi) is 4.38. The van der Waals surface area contributed by atoms with Gasteiger partial charge in [-0.25, -0.2) is 4.99 Å². The molecule has 0 aromatic heterocycles. The van der Waals surface area contributed by atoms with Crippen molar-refractivity contribution in [3.63, 3.8) is 0 Å². The van der Waals surface area contributed by atoms with Crippen LogP contribution in [-0.4, -0.2) is 67.6 Å². The standard InChI is InChI=1S/C15H27N3O3/c1-3-19-13-9-12(15(13)5-4-7-21-15)17-14(16)18-6-8-20-11(2)10-18/h11-13H,3-10H2,1-2H3,(H2,16,17). The minimum atomic E-state index is -0.224. The Hall–Kier alpha value is -0.850. The van der Waals surface area contributed by atoms with Gasteiger partial charge in [0.25, 0.3) is 0 Å². The van der Waals surface area contributed by atoms with Crippen molar-refractivity contribution < 1.29 is 14.2 Å². The fourth-order valence-corrected chi connectivity index (χ4v) is 3.70. The molecule has 2 saturated heterocycles. The van der Waals surface area contributed by atoms with Crippen LogP contribution in [0, 0.1) is 0 Å². The molecule has 21 heavy (non-hydrogen) atoms. The van der Waals surface area contributed by atoms with Crippen LogP contribution in [0.1, 0.15) is 33.1 Å². The molecule has 6 heteroatoms. The molecule has 3 aliphatic rings. The number of morpholine rings is 1. The first-order valence-corrected chi connectivity index (χ1v) is 8.11. The third kappa shape index (κ3) is 2.76. The number of aliphatic imine (C=N–C) groups is 1. The van der Waals surface area contributed by atoms with E-state index in [1.54, 1.807) is 0 Å². The van der Waals surface area contributed by atoms with Gasteiger partial charge in [0.1, 0.15) is 5.60 Å². The molecule has 0 amide bonds. The summed E-state index contributed by atoms with van der Waals surface area (Å²) in [5, 5.41) is 0. The number of guanidine groups is 1. The fraction of sp³-hybridized carbons (Fsp3) is 0.933. The quantitative estimate of drug-likeness (QED) is 0.615. The molecule has 1 spiro atoms. The Balaban J connectivity index is 1.67. The van der Waals surface area contributed by atoms with Gasteiger partial charge in [-0.15, -0.1) is 0 Å². The Morgan fingerprint density at radius 1 is 1.48 bits per heavy atom. The second-order valence-electron chi connectivity index (χ2n) is 6.22. The van der Waals surface area contributed by atoms with E-state index < -0.39 is 0 Å². The second-order valence-corrected chi connectivity index (χ2v) is 6.22. The summed E-state index contributed by atoms with van der Waals surface area (Å²) in [4.78, 5) is 6.88. The first kappa shape index (κ1) is 15.1. The van der Waals surface area contributed by atoms with Crippen LogP contribution >= 0.6 is 0 Å². The van der Waals surface area contributed by atoms with E-state index in [0.29, 0.717) is 12.6 Å². The molecule has 0 radical (unpaired) electrons. The van der Waals surface area contributed by atoms with Gasteiger partial charge in [0, 0.05) is 32.7 Å². The zero-order valence-corrected chi connectivity index (χ0v) is 13.1. The van der Waals surface area contributed by atoms with E-state index >= 15 is 0 Å². The topological polar surface area (TPSA) is 69.3 Å². The van der Waals surface area contributed by atoms with Crippen LogP contribution in [0.3, 0.4) is 0 Å². The van der Waals surface area contributed by atoms with E-state index in [9.17, 15) is 0 Å². The predicted octanol–water partition coefficient (Wildman–Crippen LogP) is 0.748. The summed E-state index contributed by atoms with van der Waals surface area (Å²) in [5.74, 6) is 0.625. The SMILES string of the molecule is CCOC1CC(N=C(N)N2CCOC(C)C2)C12CCCO2. The molecule has 2 heterocycles. The van der Waals surface area contributed by atoms with Crippen molar-refractivity contribution in [1.29, 1.82) is 0 Å². The van der Waals surface area contributed by atoms with E-state index in [2.05, 4.69) is 11.8 Å². The van der Waals surface area contributed by atoms with Gasteiger partial charge in [0.05, 0.1) is 24.9 Å². The molecule has 4 unspecified atom stereocenters. The Morgan fingerprint density at radius 2 is 2.33 bits per heavy atom. The number of rotatable bonds is 3. The maximum atomic E-state index is 6.22. The minimum Gasteiger partial charge on any atom is -0.375 e. The summed E-state index contributed by atoms with van der Waals surface area (Å²) in [6.45, 7) is 7.97. The highest BCUT2D eigenvalue weighted by Crippen LogP contribution is 2.47. The second kappa shape index (κ2) is 6.10. The molecule has 4 atom stereocenters. The lowest BCUT2D eigenvalue weighted by molar-refractivity contribution is -0.189. The smallest absolute Gasteiger partial charge is 0.191 e. The van der Waals surface area contributed by atoms with Crippen LogP contribution in [0.2, 0.25) is 0 Å². The van der Waals surface area contributed by atoms with Crippen molar-refractivity contribution in [1.82, 2.24) is 4.90 Å². The summed E-state index contributed by atoms with van der Waals surface area (Å²) >= 11 is 0. The number of nitrogens with two attached hydrogens (primary N) is 1. The lowest BCUT2D eigenvalue weighted by atomic mass is 9.70. The highest BCUT2D eigenvalue weighted by atomic mass is 16.6. The van der Waals surface area contributed by atoms with Gasteiger partial charge in [-0.1, -0.05) is 0 Å². The van der Waals surface area contributed by atoms with Crippen LogP contribution in [0.15, 0.2) is 4.99 Å². The monoisotopic (exact) mass is 297 g/mol. The van der Waals surface area contributed by atoms with Gasteiger partial charge in [0.15, 0.2) is 5.96 Å². The molecule has 6 nitrogen and oxygen atoms in total. The van der Waals surface area contributed by atoms with E-state index in [-0.39, 0.29) is 23.9 Å². The Bertz CT molecular complexity index is 396. The average Bonchev–Trinajstić information content (AvgIpc) is 2.98. The van der Waals surface area contributed by atoms with E-state index in [0.717, 1.165) is 45.6 Å². The highest BCUT2D eigenvalue weighted by molar-refractivity contribution is 5.78.